The van der Waals surface area contributed by atoms with E-state index in [0.717, 1.165) is 17.8 Å². The predicted molar refractivity (Wildman–Crippen MR) is 37.3 cm³/mol. The quantitative estimate of drug-likeness (QED) is 0.563. The van der Waals surface area contributed by atoms with Crippen LogP contribution in [0.1, 0.15) is 0 Å². The van der Waals surface area contributed by atoms with Crippen LogP contribution >= 0.6 is 11.8 Å². The third kappa shape index (κ3) is 1.29. The van der Waals surface area contributed by atoms with Crippen molar-refractivity contribution in [3.63, 3.8) is 0 Å². The summed E-state index contributed by atoms with van der Waals surface area (Å²) >= 11 is 1.68. The highest BCUT2D eigenvalue weighted by Crippen LogP contribution is 2.33. The molecule has 0 amide bonds. The van der Waals surface area contributed by atoms with Crippen LogP contribution in [-0.2, 0) is 14.2 Å². The lowest BCUT2D eigenvalue weighted by Crippen LogP contribution is -2.15. The molecule has 2 fully saturated rings. The summed E-state index contributed by atoms with van der Waals surface area (Å²) in [4.78, 5) is 0. The molecular weight excluding hydrogens is 152 g/mol. The van der Waals surface area contributed by atoms with E-state index in [2.05, 4.69) is 0 Å². The molecule has 0 aromatic rings. The molecule has 0 aliphatic carbocycles. The van der Waals surface area contributed by atoms with Crippen LogP contribution in [0.25, 0.3) is 0 Å². The Hall–Kier alpha value is 0.230. The molecule has 0 saturated carbocycles. The summed E-state index contributed by atoms with van der Waals surface area (Å²) in [5.41, 5.74) is 0.900. The van der Waals surface area contributed by atoms with E-state index >= 15 is 0 Å². The number of rotatable bonds is 1. The van der Waals surface area contributed by atoms with E-state index in [-0.39, 0.29) is 6.29 Å². The summed E-state index contributed by atoms with van der Waals surface area (Å²) in [7, 11) is 0. The van der Waals surface area contributed by atoms with Crippen molar-refractivity contribution in [1.82, 2.24) is 0 Å². The first-order chi connectivity index (χ1) is 4.97. The number of hydrogen-bond acceptors (Lipinski definition) is 4. The van der Waals surface area contributed by atoms with Crippen molar-refractivity contribution in [2.45, 2.75) is 6.29 Å². The molecule has 1 radical (unpaired) electrons. The van der Waals surface area contributed by atoms with Crippen LogP contribution in [0.15, 0.2) is 0 Å². The molecule has 2 rings (SSSR count). The normalized spacial score (nSPS) is 30.0. The van der Waals surface area contributed by atoms with Crippen LogP contribution in [0.5, 0.6) is 0 Å². The molecule has 0 aromatic heterocycles. The second-order valence-electron chi connectivity index (χ2n) is 2.09. The van der Waals surface area contributed by atoms with Gasteiger partial charge in [0.25, 0.3) is 0 Å². The van der Waals surface area contributed by atoms with Gasteiger partial charge >= 0.3 is 0 Å². The Morgan fingerprint density at radius 3 is 2.60 bits per heavy atom. The molecule has 10 heavy (non-hydrogen) atoms. The summed E-state index contributed by atoms with van der Waals surface area (Å²) in [5.74, 6) is 1.03. The number of ether oxygens (including phenoxy) is 3. The van der Waals surface area contributed by atoms with Gasteiger partial charge in [-0.25, -0.2) is 0 Å². The highest BCUT2D eigenvalue weighted by molar-refractivity contribution is 8.02. The second-order valence-corrected chi connectivity index (χ2v) is 3.19. The Labute approximate surface area is 64.0 Å². The van der Waals surface area contributed by atoms with Crippen molar-refractivity contribution in [2.24, 2.45) is 0 Å². The van der Waals surface area contributed by atoms with Gasteiger partial charge in [0.2, 0.25) is 11.7 Å². The van der Waals surface area contributed by atoms with E-state index < -0.39 is 0 Å². The topological polar surface area (TPSA) is 27.7 Å². The average Bonchev–Trinajstić information content (AvgIpc) is 2.59. The summed E-state index contributed by atoms with van der Waals surface area (Å²) in [6, 6.07) is 0. The predicted octanol–water partition coefficient (Wildman–Crippen LogP) is 0.612. The van der Waals surface area contributed by atoms with E-state index in [1.807, 2.05) is 0 Å². The molecule has 4 heteroatoms. The molecule has 0 N–H and O–H groups in total. The first-order valence-corrected chi connectivity index (χ1v) is 4.31. The van der Waals surface area contributed by atoms with Gasteiger partial charge in [0.05, 0.1) is 19.8 Å². The molecule has 2 saturated heterocycles. The van der Waals surface area contributed by atoms with Gasteiger partial charge in [0.15, 0.2) is 0 Å². The lowest BCUT2D eigenvalue weighted by Gasteiger charge is -2.12. The van der Waals surface area contributed by atoms with Crippen LogP contribution < -0.4 is 0 Å². The number of thioether (sulfide) groups is 1. The molecule has 2 aliphatic rings. The summed E-state index contributed by atoms with van der Waals surface area (Å²) in [6.45, 7) is 2.18. The van der Waals surface area contributed by atoms with Crippen LogP contribution in [0.4, 0.5) is 0 Å². The first-order valence-electron chi connectivity index (χ1n) is 3.32. The second kappa shape index (κ2) is 3.09. The Balaban J connectivity index is 1.85. The molecule has 0 bridgehead atoms. The van der Waals surface area contributed by atoms with Gasteiger partial charge in [-0.3, -0.25) is 0 Å². The highest BCUT2D eigenvalue weighted by atomic mass is 32.2. The maximum atomic E-state index is 5.27. The van der Waals surface area contributed by atoms with Gasteiger partial charge < -0.3 is 14.2 Å². The van der Waals surface area contributed by atoms with E-state index in [1.165, 1.54) is 0 Å². The lowest BCUT2D eigenvalue weighted by atomic mass is 10.7. The third-order valence-electron chi connectivity index (χ3n) is 1.39. The highest BCUT2D eigenvalue weighted by Gasteiger charge is 2.32. The van der Waals surface area contributed by atoms with Crippen molar-refractivity contribution in [3.05, 3.63) is 5.44 Å². The standard InChI is InChI=1S/C6H9O3S/c1-2-8-5(7-1)6-9-3-4-10-6/h5H,1-4H2. The van der Waals surface area contributed by atoms with Crippen molar-refractivity contribution in [2.75, 3.05) is 25.6 Å². The lowest BCUT2D eigenvalue weighted by molar-refractivity contribution is -0.0619. The molecule has 0 unspecified atom stereocenters. The Morgan fingerprint density at radius 2 is 2.00 bits per heavy atom. The van der Waals surface area contributed by atoms with Crippen molar-refractivity contribution in [1.29, 1.82) is 0 Å². The van der Waals surface area contributed by atoms with Crippen molar-refractivity contribution in [3.8, 4) is 0 Å². The minimum atomic E-state index is -0.188. The molecular formula is C6H9O3S. The van der Waals surface area contributed by atoms with Gasteiger partial charge in [-0.15, -0.1) is 11.8 Å². The van der Waals surface area contributed by atoms with Gasteiger partial charge in [-0.1, -0.05) is 0 Å². The van der Waals surface area contributed by atoms with Crippen LogP contribution in [-0.4, -0.2) is 31.9 Å². The molecule has 2 heterocycles. The monoisotopic (exact) mass is 161 g/mol. The fourth-order valence-corrected chi connectivity index (χ4v) is 1.76. The van der Waals surface area contributed by atoms with E-state index in [1.54, 1.807) is 11.8 Å². The molecule has 57 valence electrons. The number of hydrogen-bond donors (Lipinski definition) is 0. The zero-order chi connectivity index (χ0) is 6.81. The molecule has 0 spiro atoms. The fraction of sp³-hybridized carbons (Fsp3) is 0.833. The van der Waals surface area contributed by atoms with Crippen molar-refractivity contribution >= 4 is 11.8 Å². The molecule has 0 atom stereocenters. The third-order valence-corrected chi connectivity index (χ3v) is 2.35. The maximum absolute atomic E-state index is 5.27. The summed E-state index contributed by atoms with van der Waals surface area (Å²) in [5, 5.41) is 0. The minimum Gasteiger partial charge on any atom is -0.354 e. The summed E-state index contributed by atoms with van der Waals surface area (Å²) in [6.07, 6.45) is -0.188. The average molecular weight is 161 g/mol. The molecule has 0 aromatic carbocycles. The van der Waals surface area contributed by atoms with Gasteiger partial charge in [0, 0.05) is 5.75 Å². The minimum absolute atomic E-state index is 0.188. The Kier molecular flexibility index (Phi) is 2.13. The SMILES string of the molecule is C1CS[C](C2OCCO2)O1. The Morgan fingerprint density at radius 1 is 1.20 bits per heavy atom. The van der Waals surface area contributed by atoms with Gasteiger partial charge in [-0.05, 0) is 0 Å². The van der Waals surface area contributed by atoms with Gasteiger partial charge in [-0.2, -0.15) is 0 Å². The Bertz CT molecular complexity index is 93.6. The van der Waals surface area contributed by atoms with E-state index in [0.29, 0.717) is 13.2 Å². The fourth-order valence-electron chi connectivity index (χ4n) is 0.957. The zero-order valence-electron chi connectivity index (χ0n) is 5.54. The van der Waals surface area contributed by atoms with Crippen molar-refractivity contribution < 1.29 is 14.2 Å². The van der Waals surface area contributed by atoms with Gasteiger partial charge in [0.1, 0.15) is 0 Å². The maximum Gasteiger partial charge on any atom is 0.208 e. The van der Waals surface area contributed by atoms with E-state index in [4.69, 9.17) is 14.2 Å². The zero-order valence-corrected chi connectivity index (χ0v) is 6.36. The molecule has 2 aliphatic heterocycles. The van der Waals surface area contributed by atoms with Crippen LogP contribution in [0.2, 0.25) is 0 Å². The van der Waals surface area contributed by atoms with Crippen LogP contribution in [0, 0.1) is 5.44 Å². The molecule has 3 nitrogen and oxygen atoms in total. The first kappa shape index (κ1) is 6.91. The smallest absolute Gasteiger partial charge is 0.208 e. The van der Waals surface area contributed by atoms with E-state index in [9.17, 15) is 0 Å². The van der Waals surface area contributed by atoms with Crippen LogP contribution in [0.3, 0.4) is 0 Å². The largest absolute Gasteiger partial charge is 0.354 e. The summed E-state index contributed by atoms with van der Waals surface area (Å²) < 4.78 is 15.7.